The zero-order chi connectivity index (χ0) is 19.1. The third-order valence-corrected chi connectivity index (χ3v) is 5.52. The predicted molar refractivity (Wildman–Crippen MR) is 120 cm³/mol. The van der Waals surface area contributed by atoms with Crippen molar-refractivity contribution in [3.05, 3.63) is 54.7 Å². The van der Waals surface area contributed by atoms with Crippen molar-refractivity contribution < 1.29 is 14.6 Å². The van der Waals surface area contributed by atoms with E-state index in [0.717, 1.165) is 19.1 Å². The van der Waals surface area contributed by atoms with E-state index in [1.54, 1.807) is 12.1 Å². The van der Waals surface area contributed by atoms with Crippen molar-refractivity contribution in [3.8, 4) is 11.5 Å². The Labute approximate surface area is 180 Å². The van der Waals surface area contributed by atoms with Gasteiger partial charge in [-0.3, -0.25) is 4.79 Å². The van der Waals surface area contributed by atoms with Crippen LogP contribution in [0.25, 0.3) is 0 Å². The van der Waals surface area contributed by atoms with Gasteiger partial charge in [-0.15, -0.1) is 0 Å². The molecule has 0 saturated heterocycles. The molecule has 0 fully saturated rings. The lowest BCUT2D eigenvalue weighted by atomic mass is 9.99. The largest absolute Gasteiger partial charge is 0.506 e. The van der Waals surface area contributed by atoms with Crippen molar-refractivity contribution in [3.63, 3.8) is 0 Å². The Morgan fingerprint density at radius 3 is 2.46 bits per heavy atom. The summed E-state index contributed by atoms with van der Waals surface area (Å²) in [6.07, 6.45) is 2.61. The number of benzene rings is 2. The highest BCUT2D eigenvalue weighted by Crippen LogP contribution is 2.26. The highest BCUT2D eigenvalue weighted by atomic mass is 127. The zero-order valence-electron chi connectivity index (χ0n) is 14.5. The third kappa shape index (κ3) is 6.11. The Balaban J connectivity index is 1.83. The lowest BCUT2D eigenvalue weighted by Crippen LogP contribution is -2.24. The van der Waals surface area contributed by atoms with Crippen LogP contribution in [0, 0.1) is 7.14 Å². The number of nitrogens with one attached hydrogen (secondary N) is 1. The fourth-order valence-electron chi connectivity index (χ4n) is 2.15. The molecule has 7 heteroatoms. The first-order valence-corrected chi connectivity index (χ1v) is 10.3. The molecule has 0 spiro atoms. The van der Waals surface area contributed by atoms with Gasteiger partial charge in [-0.2, -0.15) is 5.10 Å². The van der Waals surface area contributed by atoms with E-state index in [1.807, 2.05) is 69.4 Å². The monoisotopic (exact) mass is 578 g/mol. The van der Waals surface area contributed by atoms with Crippen molar-refractivity contribution in [2.24, 2.45) is 5.10 Å². The zero-order valence-corrected chi connectivity index (χ0v) is 18.8. The molecule has 0 heterocycles. The Kier molecular flexibility index (Phi) is 8.14. The normalized spacial score (nSPS) is 12.2. The molecule has 0 aliphatic carbocycles. The molecule has 2 N–H and O–H groups in total. The summed E-state index contributed by atoms with van der Waals surface area (Å²) >= 11 is 4.09. The van der Waals surface area contributed by atoms with Crippen LogP contribution in [-0.4, -0.2) is 23.8 Å². The molecule has 2 rings (SSSR count). The summed E-state index contributed by atoms with van der Waals surface area (Å²) in [4.78, 5) is 11.8. The lowest BCUT2D eigenvalue weighted by Gasteiger charge is -2.10. The Bertz CT molecular complexity index is 769. The minimum atomic E-state index is -0.338. The lowest BCUT2D eigenvalue weighted by molar-refractivity contribution is -0.123. The number of halogens is 2. The second-order valence-corrected chi connectivity index (χ2v) is 8.12. The van der Waals surface area contributed by atoms with Gasteiger partial charge in [-0.05, 0) is 92.9 Å². The van der Waals surface area contributed by atoms with Crippen molar-refractivity contribution in [1.82, 2.24) is 5.43 Å². The number of hydrazone groups is 1. The van der Waals surface area contributed by atoms with Gasteiger partial charge in [0, 0.05) is 0 Å². The number of phenols is 1. The maximum absolute atomic E-state index is 11.8. The van der Waals surface area contributed by atoms with Crippen molar-refractivity contribution >= 4 is 57.3 Å². The average molecular weight is 578 g/mol. The molecular weight excluding hydrogens is 558 g/mol. The van der Waals surface area contributed by atoms with Gasteiger partial charge in [0.2, 0.25) is 0 Å². The van der Waals surface area contributed by atoms with Gasteiger partial charge >= 0.3 is 0 Å². The predicted octanol–water partition coefficient (Wildman–Crippen LogP) is 4.64. The van der Waals surface area contributed by atoms with Crippen molar-refractivity contribution in [1.29, 1.82) is 0 Å². The Morgan fingerprint density at radius 2 is 1.88 bits per heavy atom. The van der Waals surface area contributed by atoms with Crippen LogP contribution in [0.15, 0.2) is 41.5 Å². The van der Waals surface area contributed by atoms with Crippen LogP contribution >= 0.6 is 45.2 Å². The first-order chi connectivity index (χ1) is 12.4. The maximum atomic E-state index is 11.8. The molecule has 1 atom stereocenters. The number of hydrogen-bond acceptors (Lipinski definition) is 4. The van der Waals surface area contributed by atoms with E-state index >= 15 is 0 Å². The number of amides is 1. The molecule has 26 heavy (non-hydrogen) atoms. The molecule has 0 saturated carbocycles. The summed E-state index contributed by atoms with van der Waals surface area (Å²) < 4.78 is 6.93. The molecule has 0 bridgehead atoms. The van der Waals surface area contributed by atoms with Crippen LogP contribution in [0.5, 0.6) is 11.5 Å². The van der Waals surface area contributed by atoms with Crippen LogP contribution in [0.2, 0.25) is 0 Å². The minimum absolute atomic E-state index is 0.106. The summed E-state index contributed by atoms with van der Waals surface area (Å²) in [5, 5.41) is 13.7. The molecule has 0 aliphatic heterocycles. The molecule has 138 valence electrons. The summed E-state index contributed by atoms with van der Waals surface area (Å²) in [5.74, 6) is 1.07. The van der Waals surface area contributed by atoms with Gasteiger partial charge in [0.05, 0.1) is 13.4 Å². The fourth-order valence-corrected chi connectivity index (χ4v) is 3.96. The second-order valence-electron chi connectivity index (χ2n) is 5.79. The maximum Gasteiger partial charge on any atom is 0.277 e. The molecule has 1 amide bonds. The first kappa shape index (κ1) is 20.9. The van der Waals surface area contributed by atoms with E-state index in [2.05, 4.69) is 24.4 Å². The number of carbonyl (C=O) groups excluding carboxylic acids is 1. The first-order valence-electron chi connectivity index (χ1n) is 8.13. The Hall–Kier alpha value is -1.36. The number of aromatic hydroxyl groups is 1. The van der Waals surface area contributed by atoms with Crippen LogP contribution in [0.3, 0.4) is 0 Å². The number of ether oxygens (including phenoxy) is 1. The molecule has 0 radical (unpaired) electrons. The smallest absolute Gasteiger partial charge is 0.277 e. The van der Waals surface area contributed by atoms with Crippen LogP contribution < -0.4 is 10.2 Å². The molecule has 0 aliphatic rings. The fraction of sp³-hybridized carbons (Fsp3) is 0.263. The third-order valence-electron chi connectivity index (χ3n) is 3.87. The summed E-state index contributed by atoms with van der Waals surface area (Å²) in [6.45, 7) is 4.22. The summed E-state index contributed by atoms with van der Waals surface area (Å²) in [6, 6.07) is 11.4. The molecule has 0 aromatic heterocycles. The van der Waals surface area contributed by atoms with Gasteiger partial charge in [-0.25, -0.2) is 5.43 Å². The van der Waals surface area contributed by atoms with E-state index < -0.39 is 0 Å². The summed E-state index contributed by atoms with van der Waals surface area (Å²) in [7, 11) is 0. The molecule has 1 unspecified atom stereocenters. The van der Waals surface area contributed by atoms with E-state index in [0.29, 0.717) is 11.7 Å². The number of rotatable bonds is 7. The minimum Gasteiger partial charge on any atom is -0.506 e. The molecule has 2 aromatic carbocycles. The van der Waals surface area contributed by atoms with Crippen LogP contribution in [-0.2, 0) is 4.79 Å². The topological polar surface area (TPSA) is 70.9 Å². The van der Waals surface area contributed by atoms with Gasteiger partial charge in [0.15, 0.2) is 6.61 Å². The van der Waals surface area contributed by atoms with E-state index in [4.69, 9.17) is 4.74 Å². The summed E-state index contributed by atoms with van der Waals surface area (Å²) in [5.41, 5.74) is 4.48. The highest BCUT2D eigenvalue weighted by molar-refractivity contribution is 14.1. The van der Waals surface area contributed by atoms with Gasteiger partial charge < -0.3 is 9.84 Å². The highest BCUT2D eigenvalue weighted by Gasteiger charge is 2.06. The molecule has 2 aromatic rings. The van der Waals surface area contributed by atoms with E-state index in [1.165, 1.54) is 11.8 Å². The number of phenolic OH excluding ortho intramolecular Hbond substituents is 1. The van der Waals surface area contributed by atoms with Gasteiger partial charge in [0.25, 0.3) is 5.91 Å². The standard InChI is InChI=1S/C19H20I2N2O3/c1-3-12(2)14-4-6-15(7-5-14)26-11-18(24)23-22-10-13-8-16(20)19(25)17(21)9-13/h4-10,12,25H,3,11H2,1-2H3,(H,23,24)/b22-10+. The number of hydrogen-bond donors (Lipinski definition) is 2. The van der Waals surface area contributed by atoms with E-state index in [-0.39, 0.29) is 18.3 Å². The number of nitrogens with zero attached hydrogens (tertiary/aromatic N) is 1. The van der Waals surface area contributed by atoms with Gasteiger partial charge in [-0.1, -0.05) is 26.0 Å². The van der Waals surface area contributed by atoms with Crippen LogP contribution in [0.1, 0.15) is 37.3 Å². The van der Waals surface area contributed by atoms with Crippen molar-refractivity contribution in [2.75, 3.05) is 6.61 Å². The quantitative estimate of drug-likeness (QED) is 0.286. The SMILES string of the molecule is CCC(C)c1ccc(OCC(=O)N/N=C/c2cc(I)c(O)c(I)c2)cc1. The molecular formula is C19H20I2N2O3. The van der Waals surface area contributed by atoms with Crippen LogP contribution in [0.4, 0.5) is 0 Å². The van der Waals surface area contributed by atoms with E-state index in [9.17, 15) is 9.90 Å². The number of carbonyl (C=O) groups is 1. The van der Waals surface area contributed by atoms with Crippen molar-refractivity contribution in [2.45, 2.75) is 26.2 Å². The van der Waals surface area contributed by atoms with Gasteiger partial charge in [0.1, 0.15) is 11.5 Å². The Morgan fingerprint density at radius 1 is 1.27 bits per heavy atom. The average Bonchev–Trinajstić information content (AvgIpc) is 2.64. The second kappa shape index (κ2) is 10.1. The molecule has 5 nitrogen and oxygen atoms in total.